The predicted molar refractivity (Wildman–Crippen MR) is 162 cm³/mol. The number of anilines is 2. The lowest BCUT2D eigenvalue weighted by Crippen LogP contribution is -2.49. The van der Waals surface area contributed by atoms with E-state index < -0.39 is 52.7 Å². The Labute approximate surface area is 265 Å². The van der Waals surface area contributed by atoms with Gasteiger partial charge in [-0.1, -0.05) is 12.1 Å². The van der Waals surface area contributed by atoms with Crippen LogP contribution in [0.25, 0.3) is 22.0 Å². The van der Waals surface area contributed by atoms with Crippen LogP contribution in [-0.4, -0.2) is 88.8 Å². The molecule has 4 aromatic rings. The number of pyridine rings is 1. The maximum Gasteiger partial charge on any atom is 0.407 e. The minimum atomic E-state index is -4.82. The Kier molecular flexibility index (Phi) is 9.35. The van der Waals surface area contributed by atoms with Gasteiger partial charge in [-0.3, -0.25) is 4.72 Å². The van der Waals surface area contributed by atoms with E-state index in [-0.39, 0.29) is 52.2 Å². The number of hydrogen-bond donors (Lipinski definition) is 3. The lowest BCUT2D eigenvalue weighted by molar-refractivity contribution is -0.134. The number of carboxylic acid groups (broad SMARTS) is 1. The van der Waals surface area contributed by atoms with E-state index >= 15 is 0 Å². The number of fused-ring (bicyclic) bond motifs is 1. The topological polar surface area (TPSA) is 150 Å². The smallest absolute Gasteiger partial charge is 0.407 e. The van der Waals surface area contributed by atoms with Crippen molar-refractivity contribution in [3.05, 3.63) is 66.2 Å². The first-order valence-corrected chi connectivity index (χ1v) is 15.4. The van der Waals surface area contributed by atoms with Gasteiger partial charge in [0.25, 0.3) is 0 Å². The molecule has 47 heavy (non-hydrogen) atoms. The van der Waals surface area contributed by atoms with Crippen molar-refractivity contribution in [1.82, 2.24) is 24.2 Å². The Hall–Kier alpha value is -4.84. The van der Waals surface area contributed by atoms with Crippen LogP contribution in [-0.2, 0) is 10.2 Å². The molecule has 0 saturated carbocycles. The lowest BCUT2D eigenvalue weighted by atomic mass is 10.0. The van der Waals surface area contributed by atoms with Crippen LogP contribution in [0.4, 0.5) is 38.4 Å². The number of ether oxygens (including phenoxy) is 1. The molecule has 1 aliphatic rings. The molecule has 1 fully saturated rings. The molecule has 1 aliphatic heterocycles. The summed E-state index contributed by atoms with van der Waals surface area (Å²) in [5.74, 6) is -0.725. The zero-order chi connectivity index (χ0) is 34.1. The second-order valence-electron chi connectivity index (χ2n) is 10.8. The average molecular weight is 682 g/mol. The average Bonchev–Trinajstić information content (AvgIpc) is 2.99. The van der Waals surface area contributed by atoms with Crippen LogP contribution in [0.3, 0.4) is 0 Å². The molecule has 1 saturated heterocycles. The van der Waals surface area contributed by atoms with Crippen molar-refractivity contribution in [2.75, 3.05) is 36.7 Å². The number of halogens is 5. The molecule has 0 unspecified atom stereocenters. The Balaban J connectivity index is 1.46. The molecule has 3 N–H and O–H groups in total. The number of aryl methyl sites for hydroxylation is 1. The highest BCUT2D eigenvalue weighted by molar-refractivity contribution is 7.90. The first-order valence-electron chi connectivity index (χ1n) is 14.0. The molecule has 250 valence electrons. The summed E-state index contributed by atoms with van der Waals surface area (Å²) in [5, 5.41) is 12.5. The molecular formula is C29H28F5N7O5S. The fourth-order valence-electron chi connectivity index (χ4n) is 5.07. The van der Waals surface area contributed by atoms with Crippen LogP contribution in [0.5, 0.6) is 11.6 Å². The highest BCUT2D eigenvalue weighted by Gasteiger charge is 2.35. The number of likely N-dealkylation sites (tertiary alicyclic amines) is 1. The van der Waals surface area contributed by atoms with Crippen molar-refractivity contribution < 1.29 is 45.0 Å². The van der Waals surface area contributed by atoms with Gasteiger partial charge in [-0.25, -0.2) is 28.5 Å². The summed E-state index contributed by atoms with van der Waals surface area (Å²) >= 11 is 0. The molecule has 0 spiro atoms. The van der Waals surface area contributed by atoms with Crippen molar-refractivity contribution >= 4 is 38.7 Å². The van der Waals surface area contributed by atoms with Crippen LogP contribution in [0.1, 0.15) is 12.0 Å². The predicted octanol–water partition coefficient (Wildman–Crippen LogP) is 5.58. The van der Waals surface area contributed by atoms with Crippen molar-refractivity contribution in [3.8, 4) is 22.9 Å². The standard InChI is InChI=1S/C29H28F5N7O5S/c1-16-5-6-19-20(7-8-22(31)24(19)39-47(44,45)40(2)15-29(32,33)34)25(16)46-26-21(4-3-10-35-26)23-9-11-36-27(38-23)37-18-12-17(30)13-41(14-18)28(42)43/h3-11,17-18,39H,12-15H2,1-2H3,(H,42,43)(H,36,37,38)/t17-,18-/m1/s1. The summed E-state index contributed by atoms with van der Waals surface area (Å²) in [6.45, 7) is -0.310. The Morgan fingerprint density at radius 1 is 1.11 bits per heavy atom. The summed E-state index contributed by atoms with van der Waals surface area (Å²) in [6, 6.07) is 9.45. The Morgan fingerprint density at radius 3 is 2.57 bits per heavy atom. The highest BCUT2D eigenvalue weighted by Crippen LogP contribution is 2.40. The fourth-order valence-corrected chi connectivity index (χ4v) is 6.00. The van der Waals surface area contributed by atoms with E-state index in [1.807, 2.05) is 4.72 Å². The second kappa shape index (κ2) is 13.1. The van der Waals surface area contributed by atoms with Crippen LogP contribution in [0, 0.1) is 12.7 Å². The van der Waals surface area contributed by atoms with Gasteiger partial charge < -0.3 is 20.1 Å². The number of alkyl halides is 4. The summed E-state index contributed by atoms with van der Waals surface area (Å²) in [7, 11) is -4.10. The maximum atomic E-state index is 15.0. The Morgan fingerprint density at radius 2 is 1.85 bits per heavy atom. The first-order chi connectivity index (χ1) is 22.1. The van der Waals surface area contributed by atoms with Gasteiger partial charge in [-0.2, -0.15) is 25.9 Å². The van der Waals surface area contributed by atoms with E-state index in [4.69, 9.17) is 4.74 Å². The number of piperidine rings is 1. The van der Waals surface area contributed by atoms with E-state index in [0.29, 0.717) is 23.9 Å². The first kappa shape index (κ1) is 33.5. The molecule has 0 radical (unpaired) electrons. The number of benzene rings is 2. The lowest BCUT2D eigenvalue weighted by Gasteiger charge is -2.33. The quantitative estimate of drug-likeness (QED) is 0.192. The van der Waals surface area contributed by atoms with Gasteiger partial charge in [0.15, 0.2) is 0 Å². The summed E-state index contributed by atoms with van der Waals surface area (Å²) in [4.78, 5) is 25.3. The number of rotatable bonds is 9. The number of nitrogens with one attached hydrogen (secondary N) is 2. The van der Waals surface area contributed by atoms with Gasteiger partial charge >= 0.3 is 22.5 Å². The van der Waals surface area contributed by atoms with Crippen molar-refractivity contribution in [2.24, 2.45) is 0 Å². The molecule has 2 aromatic carbocycles. The zero-order valence-electron chi connectivity index (χ0n) is 24.8. The summed E-state index contributed by atoms with van der Waals surface area (Å²) in [5.41, 5.74) is 0.673. The minimum absolute atomic E-state index is 0.00893. The third kappa shape index (κ3) is 7.76. The number of aromatic nitrogens is 3. The maximum absolute atomic E-state index is 15.0. The summed E-state index contributed by atoms with van der Waals surface area (Å²) in [6.07, 6.45) is -4.50. The van der Waals surface area contributed by atoms with Crippen LogP contribution in [0.15, 0.2) is 54.9 Å². The fraction of sp³-hybridized carbons (Fsp3) is 0.310. The molecule has 5 rings (SSSR count). The molecule has 3 heterocycles. The van der Waals surface area contributed by atoms with Gasteiger partial charge in [0.05, 0.1) is 23.5 Å². The molecule has 12 nitrogen and oxygen atoms in total. The SMILES string of the molecule is Cc1ccc2c(NS(=O)(=O)N(C)CC(F)(F)F)c(F)ccc2c1Oc1ncccc1-c1ccnc(N[C@@H]2C[C@@H](F)CN(C(=O)O)C2)n1. The molecule has 0 aliphatic carbocycles. The van der Waals surface area contributed by atoms with E-state index in [1.54, 1.807) is 25.1 Å². The number of carbonyl (C=O) groups is 1. The normalized spacial score (nSPS) is 17.1. The van der Waals surface area contributed by atoms with Crippen molar-refractivity contribution in [2.45, 2.75) is 31.7 Å². The van der Waals surface area contributed by atoms with E-state index in [2.05, 4.69) is 20.3 Å². The van der Waals surface area contributed by atoms with Gasteiger partial charge in [0.2, 0.25) is 11.8 Å². The molecule has 2 atom stereocenters. The van der Waals surface area contributed by atoms with Crippen molar-refractivity contribution in [1.29, 1.82) is 0 Å². The van der Waals surface area contributed by atoms with Crippen LogP contribution >= 0.6 is 0 Å². The van der Waals surface area contributed by atoms with Crippen LogP contribution < -0.4 is 14.8 Å². The number of amides is 1. The molecule has 18 heteroatoms. The van der Waals surface area contributed by atoms with Gasteiger partial charge in [-0.05, 0) is 42.8 Å². The zero-order valence-corrected chi connectivity index (χ0v) is 25.6. The molecule has 2 aromatic heterocycles. The van der Waals surface area contributed by atoms with Gasteiger partial charge in [0, 0.05) is 49.2 Å². The van der Waals surface area contributed by atoms with Gasteiger partial charge in [0.1, 0.15) is 24.3 Å². The van der Waals surface area contributed by atoms with Crippen molar-refractivity contribution in [3.63, 3.8) is 0 Å². The second-order valence-corrected chi connectivity index (χ2v) is 12.6. The number of nitrogens with zero attached hydrogens (tertiary/aromatic N) is 5. The Bertz CT molecular complexity index is 1910. The van der Waals surface area contributed by atoms with Crippen LogP contribution in [0.2, 0.25) is 0 Å². The minimum Gasteiger partial charge on any atom is -0.465 e. The van der Waals surface area contributed by atoms with E-state index in [0.717, 1.165) is 11.0 Å². The highest BCUT2D eigenvalue weighted by atomic mass is 32.2. The molecule has 0 bridgehead atoms. The third-order valence-electron chi connectivity index (χ3n) is 7.25. The monoisotopic (exact) mass is 681 g/mol. The molecular weight excluding hydrogens is 653 g/mol. The largest absolute Gasteiger partial charge is 0.465 e. The summed E-state index contributed by atoms with van der Waals surface area (Å²) < 4.78 is 101. The third-order valence-corrected chi connectivity index (χ3v) is 8.66. The van der Waals surface area contributed by atoms with Gasteiger partial charge in [-0.15, -0.1) is 0 Å². The molecule has 1 amide bonds. The number of hydrogen-bond acceptors (Lipinski definition) is 8. The van der Waals surface area contributed by atoms with E-state index in [1.165, 1.54) is 30.6 Å². The van der Waals surface area contributed by atoms with E-state index in [9.17, 15) is 40.3 Å².